The molecular formula is C39H27N3. The van der Waals surface area contributed by atoms with Crippen LogP contribution in [-0.4, -0.2) is 5.84 Å². The highest BCUT2D eigenvalue weighted by Gasteiger charge is 2.15. The highest BCUT2D eigenvalue weighted by Crippen LogP contribution is 2.41. The van der Waals surface area contributed by atoms with E-state index >= 15 is 0 Å². The van der Waals surface area contributed by atoms with Gasteiger partial charge in [0.05, 0.1) is 18.2 Å². The van der Waals surface area contributed by atoms with E-state index in [0.29, 0.717) is 17.9 Å². The number of fused-ring (bicyclic) bond motifs is 5. The highest BCUT2D eigenvalue weighted by atomic mass is 14.8. The molecule has 7 aromatic carbocycles. The summed E-state index contributed by atoms with van der Waals surface area (Å²) in [5.74, 6) is 0.531. The summed E-state index contributed by atoms with van der Waals surface area (Å²) in [4.78, 5) is 4.68. The summed E-state index contributed by atoms with van der Waals surface area (Å²) in [6, 6.07) is 50.4. The molecule has 0 unspecified atom stereocenters. The van der Waals surface area contributed by atoms with Crippen molar-refractivity contribution in [2.45, 2.75) is 6.54 Å². The lowest BCUT2D eigenvalue weighted by Crippen LogP contribution is -2.13. The molecule has 0 atom stereocenters. The second-order valence-corrected chi connectivity index (χ2v) is 10.5. The van der Waals surface area contributed by atoms with Crippen molar-refractivity contribution in [1.82, 2.24) is 0 Å². The second-order valence-electron chi connectivity index (χ2n) is 10.5. The lowest BCUT2D eigenvalue weighted by molar-refractivity contribution is 1.06. The Kier molecular flexibility index (Phi) is 6.43. The van der Waals surface area contributed by atoms with Gasteiger partial charge in [0.25, 0.3) is 0 Å². The van der Waals surface area contributed by atoms with Crippen molar-refractivity contribution in [2.24, 2.45) is 10.7 Å². The fraction of sp³-hybridized carbons (Fsp3) is 0.0256. The van der Waals surface area contributed by atoms with Crippen molar-refractivity contribution in [2.75, 3.05) is 0 Å². The number of benzene rings is 7. The average molecular weight is 538 g/mol. The van der Waals surface area contributed by atoms with Crippen LogP contribution in [0.25, 0.3) is 54.6 Å². The quantitative estimate of drug-likeness (QED) is 0.135. The minimum atomic E-state index is 0.531. The van der Waals surface area contributed by atoms with Gasteiger partial charge in [-0.1, -0.05) is 109 Å². The number of aliphatic imine (C=N–C) groups is 1. The van der Waals surface area contributed by atoms with E-state index in [0.717, 1.165) is 33.4 Å². The molecule has 0 saturated heterocycles. The highest BCUT2D eigenvalue weighted by molar-refractivity contribution is 6.23. The standard InChI is InChI=1S/C39H27N3/c40-24-26-17-19-28(20-18-26)35-22-37-34-16-7-5-14-32(34)36(23-38(37)33-15-6-4-13-31(33)35)29-11-8-12-30(21-29)39(41)42-25-27-9-2-1-3-10-27/h1-23H,25H2,(H2,41,42). The molecule has 0 spiro atoms. The van der Waals surface area contributed by atoms with Gasteiger partial charge in [0.15, 0.2) is 0 Å². The summed E-state index contributed by atoms with van der Waals surface area (Å²) in [6.45, 7) is 0.545. The molecule has 42 heavy (non-hydrogen) atoms. The van der Waals surface area contributed by atoms with Gasteiger partial charge in [-0.05, 0) is 90.5 Å². The molecule has 0 fully saturated rings. The number of nitriles is 1. The zero-order chi connectivity index (χ0) is 28.5. The first-order valence-corrected chi connectivity index (χ1v) is 14.0. The molecular weight excluding hydrogens is 510 g/mol. The molecule has 0 heterocycles. The molecule has 0 amide bonds. The molecule has 0 saturated carbocycles. The van der Waals surface area contributed by atoms with Crippen LogP contribution in [0, 0.1) is 11.3 Å². The summed E-state index contributed by atoms with van der Waals surface area (Å²) >= 11 is 0. The minimum absolute atomic E-state index is 0.531. The SMILES string of the molecule is N#Cc1ccc(-c2cc3c4ccccc4c(-c4cccc(C(N)=NCc5ccccc5)c4)cc3c3ccccc23)cc1. The van der Waals surface area contributed by atoms with Crippen molar-refractivity contribution in [1.29, 1.82) is 5.26 Å². The van der Waals surface area contributed by atoms with Crippen LogP contribution in [0.15, 0.2) is 145 Å². The minimum Gasteiger partial charge on any atom is -0.383 e. The Morgan fingerprint density at radius 3 is 1.74 bits per heavy atom. The van der Waals surface area contributed by atoms with Crippen LogP contribution in [0.2, 0.25) is 0 Å². The first-order valence-electron chi connectivity index (χ1n) is 14.0. The molecule has 0 aliphatic heterocycles. The third-order valence-corrected chi connectivity index (χ3v) is 7.95. The van der Waals surface area contributed by atoms with Gasteiger partial charge in [-0.25, -0.2) is 0 Å². The van der Waals surface area contributed by atoms with Crippen LogP contribution in [-0.2, 0) is 6.54 Å². The van der Waals surface area contributed by atoms with E-state index in [2.05, 4.69) is 102 Å². The molecule has 198 valence electrons. The summed E-state index contributed by atoms with van der Waals surface area (Å²) in [7, 11) is 0. The molecule has 3 heteroatoms. The van der Waals surface area contributed by atoms with Gasteiger partial charge in [0.2, 0.25) is 0 Å². The Hall–Kier alpha value is -5.72. The van der Waals surface area contributed by atoms with Crippen LogP contribution in [0.4, 0.5) is 0 Å². The first-order chi connectivity index (χ1) is 20.7. The predicted octanol–water partition coefficient (Wildman–Crippen LogP) is 9.26. The molecule has 7 aromatic rings. The number of rotatable bonds is 5. The van der Waals surface area contributed by atoms with E-state index in [1.54, 1.807) is 0 Å². The van der Waals surface area contributed by atoms with Gasteiger partial charge in [-0.2, -0.15) is 5.26 Å². The number of nitrogens with zero attached hydrogens (tertiary/aromatic N) is 2. The summed E-state index contributed by atoms with van der Waals surface area (Å²) in [5.41, 5.74) is 13.7. The van der Waals surface area contributed by atoms with Gasteiger partial charge in [-0.3, -0.25) is 4.99 Å². The van der Waals surface area contributed by atoms with Crippen LogP contribution in [0.1, 0.15) is 16.7 Å². The topological polar surface area (TPSA) is 62.2 Å². The number of amidine groups is 1. The van der Waals surface area contributed by atoms with Crippen molar-refractivity contribution < 1.29 is 0 Å². The Morgan fingerprint density at radius 1 is 0.548 bits per heavy atom. The first kappa shape index (κ1) is 25.3. The summed E-state index contributed by atoms with van der Waals surface area (Å²) in [6.07, 6.45) is 0. The lowest BCUT2D eigenvalue weighted by Gasteiger charge is -2.16. The average Bonchev–Trinajstić information content (AvgIpc) is 3.07. The zero-order valence-electron chi connectivity index (χ0n) is 23.0. The molecule has 2 N–H and O–H groups in total. The van der Waals surface area contributed by atoms with Gasteiger partial charge in [0.1, 0.15) is 5.84 Å². The second kappa shape index (κ2) is 10.7. The maximum Gasteiger partial charge on any atom is 0.125 e. The molecule has 0 radical (unpaired) electrons. The molecule has 0 aromatic heterocycles. The van der Waals surface area contributed by atoms with Crippen LogP contribution >= 0.6 is 0 Å². The number of hydrogen-bond donors (Lipinski definition) is 1. The maximum absolute atomic E-state index is 9.31. The van der Waals surface area contributed by atoms with Crippen molar-refractivity contribution >= 4 is 38.2 Å². The van der Waals surface area contributed by atoms with E-state index in [9.17, 15) is 5.26 Å². The fourth-order valence-electron chi connectivity index (χ4n) is 5.85. The van der Waals surface area contributed by atoms with E-state index in [-0.39, 0.29) is 0 Å². The Balaban J connectivity index is 1.42. The normalized spacial score (nSPS) is 11.6. The number of nitrogens with two attached hydrogens (primary N) is 1. The predicted molar refractivity (Wildman–Crippen MR) is 175 cm³/mol. The van der Waals surface area contributed by atoms with E-state index in [1.165, 1.54) is 32.3 Å². The largest absolute Gasteiger partial charge is 0.383 e. The van der Waals surface area contributed by atoms with Crippen LogP contribution in [0.3, 0.4) is 0 Å². The Bertz CT molecular complexity index is 2170. The summed E-state index contributed by atoms with van der Waals surface area (Å²) < 4.78 is 0. The zero-order valence-corrected chi connectivity index (χ0v) is 23.0. The molecule has 0 aliphatic rings. The van der Waals surface area contributed by atoms with Gasteiger partial charge in [0, 0.05) is 5.56 Å². The molecule has 3 nitrogen and oxygen atoms in total. The van der Waals surface area contributed by atoms with E-state index in [1.807, 2.05) is 48.5 Å². The molecule has 7 rings (SSSR count). The van der Waals surface area contributed by atoms with E-state index < -0.39 is 0 Å². The number of hydrogen-bond acceptors (Lipinski definition) is 2. The fourth-order valence-corrected chi connectivity index (χ4v) is 5.85. The Labute approximate surface area is 244 Å². The van der Waals surface area contributed by atoms with Gasteiger partial charge in [-0.15, -0.1) is 0 Å². The summed E-state index contributed by atoms with van der Waals surface area (Å²) in [5, 5.41) is 16.5. The van der Waals surface area contributed by atoms with Crippen LogP contribution in [0.5, 0.6) is 0 Å². The van der Waals surface area contributed by atoms with Crippen molar-refractivity contribution in [3.63, 3.8) is 0 Å². The third kappa shape index (κ3) is 4.56. The maximum atomic E-state index is 9.31. The van der Waals surface area contributed by atoms with Crippen molar-refractivity contribution in [3.8, 4) is 28.3 Å². The smallest absolute Gasteiger partial charge is 0.125 e. The Morgan fingerprint density at radius 2 is 1.12 bits per heavy atom. The van der Waals surface area contributed by atoms with Crippen LogP contribution < -0.4 is 5.73 Å². The van der Waals surface area contributed by atoms with Gasteiger partial charge < -0.3 is 5.73 Å². The third-order valence-electron chi connectivity index (χ3n) is 7.95. The molecule has 0 aliphatic carbocycles. The monoisotopic (exact) mass is 537 g/mol. The van der Waals surface area contributed by atoms with Gasteiger partial charge >= 0.3 is 0 Å². The van der Waals surface area contributed by atoms with Crippen molar-refractivity contribution in [3.05, 3.63) is 156 Å². The van der Waals surface area contributed by atoms with E-state index in [4.69, 9.17) is 5.73 Å². The lowest BCUT2D eigenvalue weighted by atomic mass is 9.87. The molecule has 0 bridgehead atoms.